The first-order chi connectivity index (χ1) is 8.24. The van der Waals surface area contributed by atoms with E-state index in [4.69, 9.17) is 5.73 Å². The number of aryl methyl sites for hydroxylation is 1. The molecule has 0 bridgehead atoms. The zero-order valence-electron chi connectivity index (χ0n) is 9.91. The number of nitrogen functional groups attached to an aromatic ring is 1. The van der Waals surface area contributed by atoms with E-state index in [0.29, 0.717) is 0 Å². The molecule has 0 radical (unpaired) electrons. The van der Waals surface area contributed by atoms with E-state index in [-0.39, 0.29) is 17.9 Å². The Morgan fingerprint density at radius 3 is 2.88 bits per heavy atom. The van der Waals surface area contributed by atoms with E-state index in [1.165, 1.54) is 11.1 Å². The Morgan fingerprint density at radius 2 is 2.12 bits per heavy atom. The SMILES string of the molecule is Nc1ccc2c(c1)CCCC2NC(=O)C1CC1. The molecule has 0 heterocycles. The van der Waals surface area contributed by atoms with E-state index in [2.05, 4.69) is 11.4 Å². The first-order valence-electron chi connectivity index (χ1n) is 6.43. The lowest BCUT2D eigenvalue weighted by molar-refractivity contribution is -0.123. The summed E-state index contributed by atoms with van der Waals surface area (Å²) in [7, 11) is 0. The molecule has 17 heavy (non-hydrogen) atoms. The summed E-state index contributed by atoms with van der Waals surface area (Å²) < 4.78 is 0. The summed E-state index contributed by atoms with van der Waals surface area (Å²) in [6.07, 6.45) is 5.39. The zero-order valence-corrected chi connectivity index (χ0v) is 9.91. The monoisotopic (exact) mass is 230 g/mol. The second kappa shape index (κ2) is 4.06. The molecule has 1 unspecified atom stereocenters. The van der Waals surface area contributed by atoms with Gasteiger partial charge in [-0.1, -0.05) is 6.07 Å². The summed E-state index contributed by atoms with van der Waals surface area (Å²) in [6.45, 7) is 0. The van der Waals surface area contributed by atoms with Gasteiger partial charge >= 0.3 is 0 Å². The van der Waals surface area contributed by atoms with Gasteiger partial charge in [0.2, 0.25) is 5.91 Å². The van der Waals surface area contributed by atoms with Crippen LogP contribution in [0.1, 0.15) is 42.9 Å². The van der Waals surface area contributed by atoms with Gasteiger partial charge in [-0.15, -0.1) is 0 Å². The van der Waals surface area contributed by atoms with Gasteiger partial charge < -0.3 is 11.1 Å². The van der Waals surface area contributed by atoms with E-state index in [0.717, 1.165) is 37.8 Å². The minimum Gasteiger partial charge on any atom is -0.399 e. The Morgan fingerprint density at radius 1 is 1.29 bits per heavy atom. The van der Waals surface area contributed by atoms with Crippen molar-refractivity contribution in [3.8, 4) is 0 Å². The molecule has 1 saturated carbocycles. The number of fused-ring (bicyclic) bond motifs is 1. The third-order valence-corrected chi connectivity index (χ3v) is 3.75. The van der Waals surface area contributed by atoms with Gasteiger partial charge in [-0.2, -0.15) is 0 Å². The summed E-state index contributed by atoms with van der Waals surface area (Å²) in [4.78, 5) is 11.8. The molecule has 3 heteroatoms. The molecular formula is C14H18N2O. The van der Waals surface area contributed by atoms with Gasteiger partial charge in [0.25, 0.3) is 0 Å². The second-order valence-electron chi connectivity index (χ2n) is 5.19. The highest BCUT2D eigenvalue weighted by atomic mass is 16.2. The number of rotatable bonds is 2. The number of hydrogen-bond acceptors (Lipinski definition) is 2. The van der Waals surface area contributed by atoms with E-state index in [1.54, 1.807) is 0 Å². The first-order valence-corrected chi connectivity index (χ1v) is 6.43. The van der Waals surface area contributed by atoms with Crippen molar-refractivity contribution in [2.45, 2.75) is 38.1 Å². The second-order valence-corrected chi connectivity index (χ2v) is 5.19. The zero-order chi connectivity index (χ0) is 11.8. The van der Waals surface area contributed by atoms with E-state index >= 15 is 0 Å². The maximum Gasteiger partial charge on any atom is 0.223 e. The third-order valence-electron chi connectivity index (χ3n) is 3.75. The van der Waals surface area contributed by atoms with Crippen molar-refractivity contribution in [2.24, 2.45) is 5.92 Å². The predicted octanol–water partition coefficient (Wildman–Crippen LogP) is 2.17. The topological polar surface area (TPSA) is 55.1 Å². The van der Waals surface area contributed by atoms with Crippen LogP contribution in [0.3, 0.4) is 0 Å². The first kappa shape index (κ1) is 10.6. The van der Waals surface area contributed by atoms with Crippen molar-refractivity contribution >= 4 is 11.6 Å². The normalized spacial score (nSPS) is 22.9. The van der Waals surface area contributed by atoms with E-state index < -0.39 is 0 Å². The van der Waals surface area contributed by atoms with Crippen LogP contribution in [-0.4, -0.2) is 5.91 Å². The van der Waals surface area contributed by atoms with Crippen molar-refractivity contribution in [3.63, 3.8) is 0 Å². The summed E-state index contributed by atoms with van der Waals surface area (Å²) in [5.74, 6) is 0.522. The molecule has 1 fully saturated rings. The number of carbonyl (C=O) groups excluding carboxylic acids is 1. The molecule has 3 nitrogen and oxygen atoms in total. The third kappa shape index (κ3) is 2.14. The number of nitrogens with two attached hydrogens (primary N) is 1. The van der Waals surface area contributed by atoms with Crippen LogP contribution < -0.4 is 11.1 Å². The molecule has 3 rings (SSSR count). The minimum atomic E-state index is 0.201. The highest BCUT2D eigenvalue weighted by molar-refractivity contribution is 5.81. The molecule has 1 amide bonds. The largest absolute Gasteiger partial charge is 0.399 e. The maximum atomic E-state index is 11.8. The molecule has 0 spiro atoms. The minimum absolute atomic E-state index is 0.201. The summed E-state index contributed by atoms with van der Waals surface area (Å²) in [5, 5.41) is 3.18. The number of benzene rings is 1. The lowest BCUT2D eigenvalue weighted by Gasteiger charge is -2.26. The van der Waals surface area contributed by atoms with Gasteiger partial charge in [0, 0.05) is 11.6 Å². The van der Waals surface area contributed by atoms with Gasteiger partial charge in [0.05, 0.1) is 6.04 Å². The lowest BCUT2D eigenvalue weighted by Crippen LogP contribution is -2.32. The van der Waals surface area contributed by atoms with Crippen LogP contribution in [0.5, 0.6) is 0 Å². The molecule has 90 valence electrons. The summed E-state index contributed by atoms with van der Waals surface area (Å²) >= 11 is 0. The van der Waals surface area contributed by atoms with Crippen LogP contribution in [-0.2, 0) is 11.2 Å². The smallest absolute Gasteiger partial charge is 0.223 e. The quantitative estimate of drug-likeness (QED) is 0.765. The van der Waals surface area contributed by atoms with Gasteiger partial charge in [-0.05, 0) is 55.4 Å². The van der Waals surface area contributed by atoms with Crippen LogP contribution >= 0.6 is 0 Å². The number of carbonyl (C=O) groups is 1. The molecule has 2 aliphatic rings. The average molecular weight is 230 g/mol. The van der Waals surface area contributed by atoms with Gasteiger partial charge in [0.15, 0.2) is 0 Å². The molecule has 1 atom stereocenters. The Balaban J connectivity index is 1.81. The molecule has 1 aromatic carbocycles. The van der Waals surface area contributed by atoms with Crippen LogP contribution in [0.2, 0.25) is 0 Å². The van der Waals surface area contributed by atoms with Crippen molar-refractivity contribution in [2.75, 3.05) is 5.73 Å². The van der Waals surface area contributed by atoms with E-state index in [1.807, 2.05) is 12.1 Å². The summed E-state index contributed by atoms with van der Waals surface area (Å²) in [5.41, 5.74) is 9.18. The van der Waals surface area contributed by atoms with Crippen molar-refractivity contribution < 1.29 is 4.79 Å². The average Bonchev–Trinajstić information content (AvgIpc) is 3.12. The number of hydrogen-bond donors (Lipinski definition) is 2. The van der Waals surface area contributed by atoms with Crippen LogP contribution in [0.4, 0.5) is 5.69 Å². The number of amides is 1. The molecule has 0 aromatic heterocycles. The van der Waals surface area contributed by atoms with Gasteiger partial charge in [-0.3, -0.25) is 4.79 Å². The van der Waals surface area contributed by atoms with Gasteiger partial charge in [-0.25, -0.2) is 0 Å². The number of nitrogens with one attached hydrogen (secondary N) is 1. The van der Waals surface area contributed by atoms with E-state index in [9.17, 15) is 4.79 Å². The van der Waals surface area contributed by atoms with Crippen LogP contribution in [0.25, 0.3) is 0 Å². The van der Waals surface area contributed by atoms with Crippen molar-refractivity contribution in [1.82, 2.24) is 5.32 Å². The number of anilines is 1. The fraction of sp³-hybridized carbons (Fsp3) is 0.500. The Labute approximate surface area is 101 Å². The highest BCUT2D eigenvalue weighted by Gasteiger charge is 2.32. The molecule has 2 aliphatic carbocycles. The molecule has 1 aromatic rings. The Bertz CT molecular complexity index is 452. The molecule has 3 N–H and O–H groups in total. The lowest BCUT2D eigenvalue weighted by atomic mass is 9.87. The highest BCUT2D eigenvalue weighted by Crippen LogP contribution is 2.34. The van der Waals surface area contributed by atoms with Gasteiger partial charge in [0.1, 0.15) is 0 Å². The Kier molecular flexibility index (Phi) is 2.54. The van der Waals surface area contributed by atoms with Crippen molar-refractivity contribution in [1.29, 1.82) is 0 Å². The molecular weight excluding hydrogens is 212 g/mol. The summed E-state index contributed by atoms with van der Waals surface area (Å²) in [6, 6.07) is 6.25. The van der Waals surface area contributed by atoms with Crippen LogP contribution in [0, 0.1) is 5.92 Å². The molecule has 0 aliphatic heterocycles. The standard InChI is InChI=1S/C14H18N2O/c15-11-6-7-12-10(8-11)2-1-3-13(12)16-14(17)9-4-5-9/h6-9,13H,1-5,15H2,(H,16,17). The van der Waals surface area contributed by atoms with Crippen molar-refractivity contribution in [3.05, 3.63) is 29.3 Å². The molecule has 0 saturated heterocycles. The van der Waals surface area contributed by atoms with Crippen LogP contribution in [0.15, 0.2) is 18.2 Å². The Hall–Kier alpha value is -1.51. The fourth-order valence-electron chi connectivity index (χ4n) is 2.62. The predicted molar refractivity (Wildman–Crippen MR) is 67.4 cm³/mol. The fourth-order valence-corrected chi connectivity index (χ4v) is 2.62. The maximum absolute atomic E-state index is 11.8.